The minimum absolute atomic E-state index is 0.810. The van der Waals surface area contributed by atoms with Gasteiger partial charge in [-0.25, -0.2) is 0 Å². The van der Waals surface area contributed by atoms with E-state index in [0.29, 0.717) is 0 Å². The molecule has 0 saturated carbocycles. The Balaban J connectivity index is 2.00. The summed E-state index contributed by atoms with van der Waals surface area (Å²) in [5.74, 6) is 1.04. The summed E-state index contributed by atoms with van der Waals surface area (Å²) in [7, 11) is 0. The van der Waals surface area contributed by atoms with Crippen LogP contribution in [0.4, 0.5) is 0 Å². The van der Waals surface area contributed by atoms with Crippen LogP contribution in [-0.2, 0) is 12.8 Å². The molecule has 0 aromatic heterocycles. The van der Waals surface area contributed by atoms with Crippen LogP contribution in [0.2, 0.25) is 0 Å². The third-order valence-electron chi connectivity index (χ3n) is 2.87. The normalized spacial score (nSPS) is 14.7. The van der Waals surface area contributed by atoms with Gasteiger partial charge < -0.3 is 4.74 Å². The third kappa shape index (κ3) is 2.97. The minimum Gasteiger partial charge on any atom is -0.494 e. The zero-order valence-corrected chi connectivity index (χ0v) is 10.6. The lowest BCUT2D eigenvalue weighted by Gasteiger charge is -2.16. The number of aryl methyl sites for hydroxylation is 2. The number of ether oxygens (including phenoxy) is 1. The van der Waals surface area contributed by atoms with Crippen molar-refractivity contribution >= 4 is 15.9 Å². The molecule has 0 bridgehead atoms. The lowest BCUT2D eigenvalue weighted by Crippen LogP contribution is -2.04. The number of rotatable bonds is 4. The van der Waals surface area contributed by atoms with Gasteiger partial charge in [-0.3, -0.25) is 0 Å². The van der Waals surface area contributed by atoms with E-state index in [-0.39, 0.29) is 0 Å². The number of benzene rings is 1. The monoisotopic (exact) mass is 268 g/mol. The first-order chi connectivity index (χ1) is 7.40. The van der Waals surface area contributed by atoms with Crippen LogP contribution in [0.25, 0.3) is 0 Å². The second-order valence-electron chi connectivity index (χ2n) is 4.03. The van der Waals surface area contributed by atoms with Gasteiger partial charge in [-0.1, -0.05) is 22.0 Å². The third-order valence-corrected chi connectivity index (χ3v) is 3.43. The van der Waals surface area contributed by atoms with Gasteiger partial charge in [-0.15, -0.1) is 0 Å². The predicted octanol–water partition coefficient (Wildman–Crippen LogP) is 3.73. The van der Waals surface area contributed by atoms with Gasteiger partial charge in [-0.2, -0.15) is 0 Å². The highest BCUT2D eigenvalue weighted by atomic mass is 79.9. The summed E-state index contributed by atoms with van der Waals surface area (Å²) in [4.78, 5) is 0. The van der Waals surface area contributed by atoms with Gasteiger partial charge >= 0.3 is 0 Å². The van der Waals surface area contributed by atoms with E-state index >= 15 is 0 Å². The summed E-state index contributed by atoms with van der Waals surface area (Å²) < 4.78 is 5.68. The number of hydrogen-bond acceptors (Lipinski definition) is 1. The highest BCUT2D eigenvalue weighted by Gasteiger charge is 2.09. The molecule has 0 amide bonds. The van der Waals surface area contributed by atoms with Gasteiger partial charge in [0.25, 0.3) is 0 Å². The Morgan fingerprint density at radius 3 is 2.73 bits per heavy atom. The first-order valence-electron chi connectivity index (χ1n) is 5.71. The predicted molar refractivity (Wildman–Crippen MR) is 67.0 cm³/mol. The fourth-order valence-electron chi connectivity index (χ4n) is 2.04. The molecule has 0 spiro atoms. The van der Waals surface area contributed by atoms with Crippen molar-refractivity contribution in [3.63, 3.8) is 0 Å². The van der Waals surface area contributed by atoms with Gasteiger partial charge in [-0.05, 0) is 55.4 Å². The van der Waals surface area contributed by atoms with Gasteiger partial charge in [0.1, 0.15) is 5.75 Å². The van der Waals surface area contributed by atoms with Crippen LogP contribution in [0.15, 0.2) is 18.2 Å². The maximum absolute atomic E-state index is 5.68. The van der Waals surface area contributed by atoms with E-state index in [1.165, 1.54) is 36.8 Å². The quantitative estimate of drug-likeness (QED) is 0.597. The largest absolute Gasteiger partial charge is 0.494 e. The Morgan fingerprint density at radius 1 is 1.13 bits per heavy atom. The van der Waals surface area contributed by atoms with Crippen LogP contribution >= 0.6 is 15.9 Å². The molecular weight excluding hydrogens is 252 g/mol. The molecule has 0 N–H and O–H groups in total. The summed E-state index contributed by atoms with van der Waals surface area (Å²) in [6.45, 7) is 0.810. The van der Waals surface area contributed by atoms with E-state index in [1.54, 1.807) is 0 Å². The topological polar surface area (TPSA) is 9.23 Å². The zero-order valence-electron chi connectivity index (χ0n) is 8.97. The van der Waals surface area contributed by atoms with Crippen LogP contribution in [-0.4, -0.2) is 11.9 Å². The van der Waals surface area contributed by atoms with Crippen LogP contribution in [0.5, 0.6) is 5.75 Å². The van der Waals surface area contributed by atoms with Crippen molar-refractivity contribution in [1.29, 1.82) is 0 Å². The van der Waals surface area contributed by atoms with E-state index in [1.807, 2.05) is 0 Å². The molecule has 0 heterocycles. The average molecular weight is 269 g/mol. The summed E-state index contributed by atoms with van der Waals surface area (Å²) in [6.07, 6.45) is 6.22. The summed E-state index contributed by atoms with van der Waals surface area (Å²) in [5, 5.41) is 1.01. The highest BCUT2D eigenvalue weighted by Crippen LogP contribution is 2.25. The SMILES string of the molecule is BrCCCOc1ccc2c(c1)CCCC2. The van der Waals surface area contributed by atoms with E-state index in [9.17, 15) is 0 Å². The Morgan fingerprint density at radius 2 is 1.93 bits per heavy atom. The van der Waals surface area contributed by atoms with Crippen molar-refractivity contribution in [2.24, 2.45) is 0 Å². The molecule has 1 nitrogen and oxygen atoms in total. The molecule has 2 rings (SSSR count). The summed E-state index contributed by atoms with van der Waals surface area (Å²) in [5.41, 5.74) is 3.02. The van der Waals surface area contributed by atoms with Gasteiger partial charge in [0.2, 0.25) is 0 Å². The molecule has 15 heavy (non-hydrogen) atoms. The van der Waals surface area contributed by atoms with Crippen LogP contribution in [0.1, 0.15) is 30.4 Å². The number of halogens is 1. The molecule has 0 saturated heterocycles. The van der Waals surface area contributed by atoms with Gasteiger partial charge in [0.05, 0.1) is 6.61 Å². The lowest BCUT2D eigenvalue weighted by molar-refractivity contribution is 0.318. The van der Waals surface area contributed by atoms with Crippen LogP contribution < -0.4 is 4.74 Å². The molecule has 0 radical (unpaired) electrons. The van der Waals surface area contributed by atoms with Gasteiger partial charge in [0, 0.05) is 5.33 Å². The molecule has 1 aromatic rings. The number of fused-ring (bicyclic) bond motifs is 1. The molecule has 2 heteroatoms. The zero-order chi connectivity index (χ0) is 10.5. The Hall–Kier alpha value is -0.500. The second kappa shape index (κ2) is 5.55. The van der Waals surface area contributed by atoms with Crippen molar-refractivity contribution in [3.8, 4) is 5.75 Å². The Labute approximate surface area is 100.0 Å². The molecule has 82 valence electrons. The smallest absolute Gasteiger partial charge is 0.119 e. The molecular formula is C13H17BrO. The first-order valence-corrected chi connectivity index (χ1v) is 6.83. The summed E-state index contributed by atoms with van der Waals surface area (Å²) >= 11 is 3.40. The molecule has 0 atom stereocenters. The first kappa shape index (κ1) is 11.0. The molecule has 0 unspecified atom stereocenters. The fraction of sp³-hybridized carbons (Fsp3) is 0.538. The van der Waals surface area contributed by atoms with Gasteiger partial charge in [0.15, 0.2) is 0 Å². The highest BCUT2D eigenvalue weighted by molar-refractivity contribution is 9.09. The van der Waals surface area contributed by atoms with E-state index in [0.717, 1.165) is 24.1 Å². The van der Waals surface area contributed by atoms with Crippen molar-refractivity contribution in [1.82, 2.24) is 0 Å². The molecule has 0 fully saturated rings. The minimum atomic E-state index is 0.810. The molecule has 1 aromatic carbocycles. The van der Waals surface area contributed by atoms with E-state index < -0.39 is 0 Å². The number of alkyl halides is 1. The lowest BCUT2D eigenvalue weighted by atomic mass is 9.92. The maximum Gasteiger partial charge on any atom is 0.119 e. The number of hydrogen-bond donors (Lipinski definition) is 0. The van der Waals surface area contributed by atoms with E-state index in [2.05, 4.69) is 34.1 Å². The Bertz CT molecular complexity index is 322. The fourth-order valence-corrected chi connectivity index (χ4v) is 2.27. The average Bonchev–Trinajstić information content (AvgIpc) is 2.29. The summed E-state index contributed by atoms with van der Waals surface area (Å²) in [6, 6.07) is 6.57. The second-order valence-corrected chi connectivity index (χ2v) is 4.82. The van der Waals surface area contributed by atoms with Crippen molar-refractivity contribution in [3.05, 3.63) is 29.3 Å². The van der Waals surface area contributed by atoms with Crippen LogP contribution in [0, 0.1) is 0 Å². The van der Waals surface area contributed by atoms with E-state index in [4.69, 9.17) is 4.74 Å². The standard InChI is InChI=1S/C13H17BrO/c14-8-3-9-15-13-7-6-11-4-1-2-5-12(11)10-13/h6-7,10H,1-5,8-9H2. The van der Waals surface area contributed by atoms with Crippen molar-refractivity contribution in [2.45, 2.75) is 32.1 Å². The molecule has 1 aliphatic rings. The molecule has 1 aliphatic carbocycles. The maximum atomic E-state index is 5.68. The Kier molecular flexibility index (Phi) is 4.07. The van der Waals surface area contributed by atoms with Crippen molar-refractivity contribution in [2.75, 3.05) is 11.9 Å². The van der Waals surface area contributed by atoms with Crippen LogP contribution in [0.3, 0.4) is 0 Å². The molecule has 0 aliphatic heterocycles. The van der Waals surface area contributed by atoms with Crippen molar-refractivity contribution < 1.29 is 4.74 Å².